The van der Waals surface area contributed by atoms with E-state index in [1.54, 1.807) is 43.7 Å². The highest BCUT2D eigenvalue weighted by Gasteiger charge is 2.36. The van der Waals surface area contributed by atoms with Crippen LogP contribution in [-0.4, -0.2) is 50.3 Å². The lowest BCUT2D eigenvalue weighted by molar-refractivity contribution is -0.137. The Balaban J connectivity index is 1.44. The summed E-state index contributed by atoms with van der Waals surface area (Å²) in [5, 5.41) is 4.19. The van der Waals surface area contributed by atoms with E-state index >= 15 is 0 Å². The van der Waals surface area contributed by atoms with Crippen LogP contribution in [0, 0.1) is 0 Å². The van der Waals surface area contributed by atoms with Crippen molar-refractivity contribution in [1.82, 2.24) is 29.4 Å². The number of nitrogens with one attached hydrogen (secondary N) is 2. The van der Waals surface area contributed by atoms with Gasteiger partial charge in [-0.3, -0.25) is 9.55 Å². The zero-order valence-corrected chi connectivity index (χ0v) is 22.0. The third-order valence-corrected chi connectivity index (χ3v) is 7.59. The molecule has 1 saturated heterocycles. The van der Waals surface area contributed by atoms with Crippen LogP contribution in [0.5, 0.6) is 0 Å². The zero-order valence-electron chi connectivity index (χ0n) is 22.0. The highest BCUT2D eigenvalue weighted by molar-refractivity contribution is 5.82. The monoisotopic (exact) mass is 547 g/mol. The Bertz CT molecular complexity index is 1740. The molecule has 0 aliphatic carbocycles. The molecule has 4 aromatic heterocycles. The predicted octanol–water partition coefficient (Wildman–Crippen LogP) is 4.99. The highest BCUT2D eigenvalue weighted by Crippen LogP contribution is 2.39. The van der Waals surface area contributed by atoms with Gasteiger partial charge in [-0.2, -0.15) is 13.2 Å². The van der Waals surface area contributed by atoms with Crippen LogP contribution in [0.4, 0.5) is 18.9 Å². The van der Waals surface area contributed by atoms with Crippen LogP contribution in [0.2, 0.25) is 0 Å². The molecule has 1 aromatic carbocycles. The number of H-pyrrole nitrogens is 1. The first-order chi connectivity index (χ1) is 19.2. The van der Waals surface area contributed by atoms with Crippen LogP contribution in [0.15, 0.2) is 72.0 Å². The Morgan fingerprint density at radius 1 is 1.02 bits per heavy atom. The average molecular weight is 548 g/mol. The van der Waals surface area contributed by atoms with Crippen LogP contribution in [0.1, 0.15) is 18.4 Å². The summed E-state index contributed by atoms with van der Waals surface area (Å²) < 4.78 is 45.8. The molecule has 0 bridgehead atoms. The number of aromatic amines is 1. The van der Waals surface area contributed by atoms with Gasteiger partial charge < -0.3 is 19.8 Å². The van der Waals surface area contributed by atoms with Crippen molar-refractivity contribution in [2.75, 3.05) is 25.0 Å². The number of hydrogen-bond acceptors (Lipinski definition) is 5. The lowest BCUT2D eigenvalue weighted by atomic mass is 10.0. The molecule has 40 heavy (non-hydrogen) atoms. The lowest BCUT2D eigenvalue weighted by Crippen LogP contribution is -2.41. The van der Waals surface area contributed by atoms with E-state index in [1.165, 1.54) is 15.2 Å². The quantitative estimate of drug-likeness (QED) is 0.324. The summed E-state index contributed by atoms with van der Waals surface area (Å²) in [6.45, 7) is 1.52. The number of anilines is 1. The SMILES string of the molecule is CN(c1ccc(-n2c(-c3cc(-c4cnc5[nH]ccc5c4)ccn3)cn(C)c2=O)cc1C(F)(F)F)C1CCNCC1. The van der Waals surface area contributed by atoms with Crippen LogP contribution >= 0.6 is 0 Å². The standard InChI is InChI=1S/C29H28F3N7O/c1-37-17-26(24-14-18(5-11-34-24)20-13-19-6-12-35-27(19)36-16-20)39(28(37)40)22-3-4-25(23(15-22)29(30,31)32)38(2)21-7-9-33-10-8-21/h3-6,11-17,21,33H,7-10H2,1-2H3,(H,35,36). The number of halogens is 3. The van der Waals surface area contributed by atoms with Gasteiger partial charge in [-0.15, -0.1) is 0 Å². The van der Waals surface area contributed by atoms with E-state index < -0.39 is 17.4 Å². The molecule has 0 saturated carbocycles. The normalized spacial score (nSPS) is 14.6. The van der Waals surface area contributed by atoms with Crippen LogP contribution in [-0.2, 0) is 13.2 Å². The number of benzene rings is 1. The number of nitrogens with zero attached hydrogens (tertiary/aromatic N) is 5. The molecular weight excluding hydrogens is 519 g/mol. The topological polar surface area (TPSA) is 83.8 Å². The van der Waals surface area contributed by atoms with Gasteiger partial charge >= 0.3 is 11.9 Å². The number of hydrogen-bond donors (Lipinski definition) is 2. The Morgan fingerprint density at radius 2 is 1.82 bits per heavy atom. The van der Waals surface area contributed by atoms with E-state index in [4.69, 9.17) is 0 Å². The summed E-state index contributed by atoms with van der Waals surface area (Å²) in [7, 11) is 3.27. The summed E-state index contributed by atoms with van der Waals surface area (Å²) in [6.07, 6.45) is 3.66. The summed E-state index contributed by atoms with van der Waals surface area (Å²) in [5.74, 6) is 0. The molecule has 11 heteroatoms. The minimum atomic E-state index is -4.60. The number of fused-ring (bicyclic) bond motifs is 1. The molecule has 1 aliphatic rings. The molecule has 0 unspecified atom stereocenters. The number of alkyl halides is 3. The first-order valence-electron chi connectivity index (χ1n) is 13.0. The van der Waals surface area contributed by atoms with E-state index in [1.807, 2.05) is 30.5 Å². The molecule has 0 atom stereocenters. The van der Waals surface area contributed by atoms with Crippen molar-refractivity contribution in [2.45, 2.75) is 25.1 Å². The molecule has 5 aromatic rings. The Morgan fingerprint density at radius 3 is 2.60 bits per heavy atom. The summed E-state index contributed by atoms with van der Waals surface area (Å²) >= 11 is 0. The van der Waals surface area contributed by atoms with Gasteiger partial charge in [-0.05, 0) is 74.0 Å². The fraction of sp³-hybridized carbons (Fsp3) is 0.276. The second-order valence-corrected chi connectivity index (χ2v) is 10.1. The molecule has 1 fully saturated rings. The minimum absolute atomic E-state index is 0.00451. The minimum Gasteiger partial charge on any atom is -0.371 e. The summed E-state index contributed by atoms with van der Waals surface area (Å²) in [4.78, 5) is 26.9. The molecule has 1 aliphatic heterocycles. The van der Waals surface area contributed by atoms with E-state index in [0.717, 1.165) is 54.2 Å². The zero-order chi connectivity index (χ0) is 28.0. The van der Waals surface area contributed by atoms with Crippen molar-refractivity contribution in [2.24, 2.45) is 7.05 Å². The number of rotatable bonds is 5. The van der Waals surface area contributed by atoms with E-state index in [0.29, 0.717) is 11.4 Å². The number of aromatic nitrogens is 5. The fourth-order valence-electron chi connectivity index (χ4n) is 5.42. The van der Waals surface area contributed by atoms with Crippen molar-refractivity contribution >= 4 is 16.7 Å². The first kappa shape index (κ1) is 25.9. The summed E-state index contributed by atoms with van der Waals surface area (Å²) in [5.41, 5.74) is 2.25. The first-order valence-corrected chi connectivity index (χ1v) is 13.0. The van der Waals surface area contributed by atoms with Gasteiger partial charge in [0.05, 0.1) is 22.6 Å². The highest BCUT2D eigenvalue weighted by atomic mass is 19.4. The van der Waals surface area contributed by atoms with E-state index in [9.17, 15) is 18.0 Å². The Hall–Kier alpha value is -4.38. The fourth-order valence-corrected chi connectivity index (χ4v) is 5.42. The molecule has 8 nitrogen and oxygen atoms in total. The second kappa shape index (κ2) is 9.98. The van der Waals surface area contributed by atoms with Gasteiger partial charge in [0, 0.05) is 61.6 Å². The van der Waals surface area contributed by atoms with Crippen molar-refractivity contribution < 1.29 is 13.2 Å². The Labute approximate surface area is 228 Å². The number of piperidine rings is 1. The third kappa shape index (κ3) is 4.66. The molecule has 0 amide bonds. The van der Waals surface area contributed by atoms with E-state index in [-0.39, 0.29) is 17.4 Å². The Kier molecular flexibility index (Phi) is 6.46. The smallest absolute Gasteiger partial charge is 0.371 e. The molecule has 6 rings (SSSR count). The second-order valence-electron chi connectivity index (χ2n) is 10.1. The number of imidazole rings is 1. The van der Waals surface area contributed by atoms with Crippen LogP contribution < -0.4 is 15.9 Å². The van der Waals surface area contributed by atoms with Crippen molar-refractivity contribution in [1.29, 1.82) is 0 Å². The molecule has 0 radical (unpaired) electrons. The maximum Gasteiger partial charge on any atom is 0.418 e. The molecule has 0 spiro atoms. The lowest BCUT2D eigenvalue weighted by Gasteiger charge is -2.35. The van der Waals surface area contributed by atoms with Gasteiger partial charge in [-0.1, -0.05) is 0 Å². The maximum atomic E-state index is 14.4. The van der Waals surface area contributed by atoms with Gasteiger partial charge in [0.25, 0.3) is 0 Å². The molecular formula is C29H28F3N7O. The maximum absolute atomic E-state index is 14.4. The third-order valence-electron chi connectivity index (χ3n) is 7.59. The van der Waals surface area contributed by atoms with Gasteiger partial charge in [-0.25, -0.2) is 9.78 Å². The van der Waals surface area contributed by atoms with Crippen molar-refractivity contribution in [3.05, 3.63) is 83.3 Å². The molecule has 5 heterocycles. The summed E-state index contributed by atoms with van der Waals surface area (Å²) in [6, 6.07) is 11.6. The van der Waals surface area contributed by atoms with Gasteiger partial charge in [0.15, 0.2) is 0 Å². The largest absolute Gasteiger partial charge is 0.418 e. The average Bonchev–Trinajstić information content (AvgIpc) is 3.56. The van der Waals surface area contributed by atoms with Crippen LogP contribution in [0.25, 0.3) is 39.2 Å². The molecule has 2 N–H and O–H groups in total. The van der Waals surface area contributed by atoms with Gasteiger partial charge in [0.2, 0.25) is 0 Å². The predicted molar refractivity (Wildman–Crippen MR) is 149 cm³/mol. The van der Waals surface area contributed by atoms with Crippen molar-refractivity contribution in [3.8, 4) is 28.2 Å². The number of aryl methyl sites for hydroxylation is 1. The van der Waals surface area contributed by atoms with Crippen molar-refractivity contribution in [3.63, 3.8) is 0 Å². The van der Waals surface area contributed by atoms with Crippen LogP contribution in [0.3, 0.4) is 0 Å². The number of pyridine rings is 2. The molecule has 206 valence electrons. The van der Waals surface area contributed by atoms with Gasteiger partial charge in [0.1, 0.15) is 5.65 Å². The van der Waals surface area contributed by atoms with E-state index in [2.05, 4.69) is 20.3 Å².